The van der Waals surface area contributed by atoms with E-state index in [1.54, 1.807) is 25.3 Å². The fourth-order valence-electron chi connectivity index (χ4n) is 7.66. The second-order valence-electron chi connectivity index (χ2n) is 13.1. The van der Waals surface area contributed by atoms with E-state index < -0.39 is 23.5 Å². The number of halogens is 2. The van der Waals surface area contributed by atoms with Crippen molar-refractivity contribution >= 4 is 45.0 Å². The van der Waals surface area contributed by atoms with Gasteiger partial charge in [0.1, 0.15) is 23.6 Å². The van der Waals surface area contributed by atoms with Gasteiger partial charge in [-0.2, -0.15) is 15.2 Å². The molecule has 3 N–H and O–H groups in total. The molecule has 7 rings (SSSR count). The molecule has 3 aliphatic heterocycles. The van der Waals surface area contributed by atoms with Crippen molar-refractivity contribution in [2.24, 2.45) is 5.73 Å². The summed E-state index contributed by atoms with van der Waals surface area (Å²) in [4.78, 5) is 33.1. The van der Waals surface area contributed by atoms with Crippen LogP contribution in [0.1, 0.15) is 45.4 Å². The predicted octanol–water partition coefficient (Wildman–Crippen LogP) is 4.63. The molecule has 0 radical (unpaired) electrons. The summed E-state index contributed by atoms with van der Waals surface area (Å²) in [5.74, 6) is -0.873. The molecule has 11 nitrogen and oxygen atoms in total. The molecule has 0 aliphatic carbocycles. The number of nitrogens with zero attached hydrogens (tertiary/aromatic N) is 7. The molecule has 0 saturated carbocycles. The number of pyridine rings is 1. The van der Waals surface area contributed by atoms with Gasteiger partial charge in [0.2, 0.25) is 0 Å². The number of carbonyl (C=O) groups excluding carboxylic acids is 1. The van der Waals surface area contributed by atoms with Crippen LogP contribution in [0.3, 0.4) is 0 Å². The highest BCUT2D eigenvalue weighted by Crippen LogP contribution is 2.40. The number of aromatic nitrogens is 3. The molecule has 2 aromatic heterocycles. The highest BCUT2D eigenvalue weighted by atomic mass is 35.5. The molecule has 0 spiro atoms. The van der Waals surface area contributed by atoms with E-state index in [0.29, 0.717) is 40.3 Å². The summed E-state index contributed by atoms with van der Waals surface area (Å²) >= 11 is 6.61. The van der Waals surface area contributed by atoms with Gasteiger partial charge < -0.3 is 19.6 Å². The molecule has 2 aromatic carbocycles. The van der Waals surface area contributed by atoms with Gasteiger partial charge in [0.05, 0.1) is 29.5 Å². The third-order valence-corrected chi connectivity index (χ3v) is 10.6. The molecule has 1 amide bonds. The van der Waals surface area contributed by atoms with E-state index in [1.807, 2.05) is 29.2 Å². The minimum Gasteiger partial charge on any atom is -0.461 e. The number of hydrogen-bond donors (Lipinski definition) is 2. The Balaban J connectivity index is 1.31. The minimum absolute atomic E-state index is 0.00532. The maximum atomic E-state index is 16.8. The molecule has 3 aliphatic rings. The molecule has 3 fully saturated rings. The monoisotopic (exact) mass is 672 g/mol. The Hall–Kier alpha value is -4.15. The van der Waals surface area contributed by atoms with Crippen molar-refractivity contribution in [3.8, 4) is 23.3 Å². The number of ether oxygens (including phenoxy) is 1. The van der Waals surface area contributed by atoms with E-state index in [-0.39, 0.29) is 48.7 Å². The van der Waals surface area contributed by atoms with Crippen molar-refractivity contribution in [2.75, 3.05) is 44.2 Å². The van der Waals surface area contributed by atoms with E-state index in [0.717, 1.165) is 44.2 Å². The Morgan fingerprint density at radius 3 is 2.67 bits per heavy atom. The van der Waals surface area contributed by atoms with Crippen LogP contribution in [0.2, 0.25) is 5.02 Å². The van der Waals surface area contributed by atoms with E-state index in [2.05, 4.69) is 20.9 Å². The molecule has 0 unspecified atom stereocenters. The number of fused-ring (bicyclic) bond motifs is 3. The summed E-state index contributed by atoms with van der Waals surface area (Å²) in [6.07, 6.45) is 5.84. The highest BCUT2D eigenvalue weighted by molar-refractivity contribution is 6.36. The van der Waals surface area contributed by atoms with Crippen LogP contribution in [0, 0.1) is 17.1 Å². The van der Waals surface area contributed by atoms with Crippen LogP contribution < -0.4 is 15.4 Å². The molecule has 2 atom stereocenters. The summed E-state index contributed by atoms with van der Waals surface area (Å²) in [6.45, 7) is 4.74. The largest absolute Gasteiger partial charge is 0.461 e. The number of hydrogen-bond acceptors (Lipinski definition) is 10. The zero-order valence-electron chi connectivity index (χ0n) is 26.8. The van der Waals surface area contributed by atoms with Gasteiger partial charge in [-0.25, -0.2) is 4.39 Å². The van der Waals surface area contributed by atoms with Gasteiger partial charge in [-0.05, 0) is 56.6 Å². The number of anilines is 1. The standard InChI is InChI=1S/C35H38ClFN8O3/c1-2-35(39,47)32(46)45-18-17-43(20-23(45)11-14-38)31-25-19-40-29(24-9-3-7-22-8-4-10-26(36)27(22)24)28(37)30(25)41-33(42-31)48-21-34-12-5-15-44(34)16-6-13-34/h3-4,7-10,19,23,47H,2,5-6,11-13,15-18,20-21,39H2,1H3/t23-,35-/m0/s1. The van der Waals surface area contributed by atoms with Crippen molar-refractivity contribution in [2.45, 2.75) is 62.8 Å². The first-order valence-electron chi connectivity index (χ1n) is 16.5. The minimum atomic E-state index is -2.04. The molecule has 5 heterocycles. The van der Waals surface area contributed by atoms with Gasteiger partial charge >= 0.3 is 6.01 Å². The van der Waals surface area contributed by atoms with E-state index in [1.165, 1.54) is 4.90 Å². The fourth-order valence-corrected chi connectivity index (χ4v) is 7.95. The molecular weight excluding hydrogens is 635 g/mol. The van der Waals surface area contributed by atoms with Crippen LogP contribution in [-0.4, -0.2) is 92.4 Å². The van der Waals surface area contributed by atoms with E-state index >= 15 is 4.39 Å². The molecule has 4 aromatic rings. The Labute approximate surface area is 283 Å². The summed E-state index contributed by atoms with van der Waals surface area (Å²) in [7, 11) is 0. The second-order valence-corrected chi connectivity index (χ2v) is 13.5. The highest BCUT2D eigenvalue weighted by Gasteiger charge is 2.45. The second kappa shape index (κ2) is 12.7. The Kier molecular flexibility index (Phi) is 8.58. The van der Waals surface area contributed by atoms with Crippen LogP contribution in [0.25, 0.3) is 32.9 Å². The average molecular weight is 673 g/mol. The first kappa shape index (κ1) is 32.4. The number of nitriles is 1. The molecule has 48 heavy (non-hydrogen) atoms. The summed E-state index contributed by atoms with van der Waals surface area (Å²) in [5, 5.41) is 22.6. The van der Waals surface area contributed by atoms with Crippen LogP contribution in [0.4, 0.5) is 10.2 Å². The SMILES string of the molecule is CC[C@](N)(O)C(=O)N1CCN(c2nc(OCC34CCCN3CCC4)nc3c(F)c(-c4cccc5cccc(Cl)c45)ncc23)C[C@@H]1CC#N. The van der Waals surface area contributed by atoms with Crippen LogP contribution in [-0.2, 0) is 4.79 Å². The lowest BCUT2D eigenvalue weighted by atomic mass is 9.95. The number of benzene rings is 2. The molecule has 250 valence electrons. The van der Waals surface area contributed by atoms with Gasteiger partial charge in [0, 0.05) is 41.8 Å². The molecule has 0 bridgehead atoms. The Bertz CT molecular complexity index is 1920. The number of rotatable bonds is 8. The topological polar surface area (TPSA) is 145 Å². The lowest BCUT2D eigenvalue weighted by molar-refractivity contribution is -0.154. The number of nitrogens with two attached hydrogens (primary N) is 1. The number of aliphatic hydroxyl groups is 1. The lowest BCUT2D eigenvalue weighted by Gasteiger charge is -2.43. The van der Waals surface area contributed by atoms with Gasteiger partial charge in [0.15, 0.2) is 11.5 Å². The zero-order valence-corrected chi connectivity index (χ0v) is 27.6. The number of amides is 1. The van der Waals surface area contributed by atoms with Crippen molar-refractivity contribution < 1.29 is 19.0 Å². The quantitative estimate of drug-likeness (QED) is 0.254. The number of piperazine rings is 1. The molecular formula is C35H38ClFN8O3. The van der Waals surface area contributed by atoms with Crippen LogP contribution in [0.5, 0.6) is 6.01 Å². The van der Waals surface area contributed by atoms with Crippen molar-refractivity contribution in [1.82, 2.24) is 24.8 Å². The number of carbonyl (C=O) groups is 1. The third kappa shape index (κ3) is 5.58. The third-order valence-electron chi connectivity index (χ3n) is 10.3. The summed E-state index contributed by atoms with van der Waals surface area (Å²) < 4.78 is 23.2. The Morgan fingerprint density at radius 1 is 1.19 bits per heavy atom. The normalized spacial score (nSPS) is 20.5. The van der Waals surface area contributed by atoms with Crippen LogP contribution in [0.15, 0.2) is 42.6 Å². The van der Waals surface area contributed by atoms with Gasteiger partial charge in [-0.15, -0.1) is 0 Å². The van der Waals surface area contributed by atoms with Crippen molar-refractivity contribution in [1.29, 1.82) is 5.26 Å². The van der Waals surface area contributed by atoms with Gasteiger partial charge in [-0.1, -0.05) is 48.9 Å². The van der Waals surface area contributed by atoms with Crippen molar-refractivity contribution in [3.63, 3.8) is 0 Å². The van der Waals surface area contributed by atoms with Crippen LogP contribution >= 0.6 is 11.6 Å². The smallest absolute Gasteiger partial charge is 0.319 e. The first-order valence-corrected chi connectivity index (χ1v) is 16.9. The Morgan fingerprint density at radius 2 is 1.94 bits per heavy atom. The van der Waals surface area contributed by atoms with Crippen molar-refractivity contribution in [3.05, 3.63) is 53.4 Å². The van der Waals surface area contributed by atoms with E-state index in [4.69, 9.17) is 27.1 Å². The predicted molar refractivity (Wildman–Crippen MR) is 181 cm³/mol. The average Bonchev–Trinajstić information content (AvgIpc) is 3.68. The first-order chi connectivity index (χ1) is 23.2. The zero-order chi connectivity index (χ0) is 33.6. The van der Waals surface area contributed by atoms with Gasteiger partial charge in [-0.3, -0.25) is 20.4 Å². The maximum Gasteiger partial charge on any atom is 0.319 e. The molecule has 13 heteroatoms. The fraction of sp³-hybridized carbons (Fsp3) is 0.457. The van der Waals surface area contributed by atoms with Gasteiger partial charge in [0.25, 0.3) is 5.91 Å². The lowest BCUT2D eigenvalue weighted by Crippen LogP contribution is -2.63. The van der Waals surface area contributed by atoms with E-state index in [9.17, 15) is 15.2 Å². The summed E-state index contributed by atoms with van der Waals surface area (Å²) in [5.41, 5.74) is 4.47. The summed E-state index contributed by atoms with van der Waals surface area (Å²) in [6, 6.07) is 12.7. The molecule has 3 saturated heterocycles. The maximum absolute atomic E-state index is 16.8.